The SMILES string of the molecule is CCCc1cc(=O)[nH]c2cc(NC(=O)c3ccc(OC)c(OC)c3)ccc12. The van der Waals surface area contributed by atoms with E-state index in [1.807, 2.05) is 12.1 Å². The first kappa shape index (κ1) is 18.5. The summed E-state index contributed by atoms with van der Waals surface area (Å²) in [5, 5.41) is 3.84. The molecule has 0 spiro atoms. The quantitative estimate of drug-likeness (QED) is 0.696. The van der Waals surface area contributed by atoms with E-state index in [0.29, 0.717) is 28.3 Å². The molecule has 1 aromatic heterocycles. The molecule has 2 aromatic carbocycles. The number of amides is 1. The number of carbonyl (C=O) groups excluding carboxylic acids is 1. The lowest BCUT2D eigenvalue weighted by molar-refractivity contribution is 0.102. The van der Waals surface area contributed by atoms with Crippen LogP contribution in [0.25, 0.3) is 10.9 Å². The Balaban J connectivity index is 1.90. The number of hydrogen-bond donors (Lipinski definition) is 2. The van der Waals surface area contributed by atoms with Crippen LogP contribution in [0, 0.1) is 0 Å². The predicted molar refractivity (Wildman–Crippen MR) is 106 cm³/mol. The molecule has 0 atom stereocenters. The molecular formula is C21H22N2O4. The standard InChI is InChI=1S/C21H22N2O4/c1-4-5-13-11-20(24)23-17-12-15(7-8-16(13)17)22-21(25)14-6-9-18(26-2)19(10-14)27-3/h6-12H,4-5H2,1-3H3,(H,22,25)(H,23,24). The topological polar surface area (TPSA) is 80.4 Å². The first-order valence-electron chi connectivity index (χ1n) is 8.75. The van der Waals surface area contributed by atoms with Crippen LogP contribution in [0.3, 0.4) is 0 Å². The minimum absolute atomic E-state index is 0.144. The van der Waals surface area contributed by atoms with Crippen LogP contribution in [0.4, 0.5) is 5.69 Å². The van der Waals surface area contributed by atoms with Gasteiger partial charge in [-0.3, -0.25) is 9.59 Å². The number of aryl methyl sites for hydroxylation is 1. The fraction of sp³-hybridized carbons (Fsp3) is 0.238. The largest absolute Gasteiger partial charge is 0.493 e. The van der Waals surface area contributed by atoms with Gasteiger partial charge in [0.1, 0.15) is 0 Å². The highest BCUT2D eigenvalue weighted by Gasteiger charge is 2.12. The van der Waals surface area contributed by atoms with Crippen molar-refractivity contribution >= 4 is 22.5 Å². The maximum atomic E-state index is 12.6. The van der Waals surface area contributed by atoms with Gasteiger partial charge < -0.3 is 19.8 Å². The second-order valence-electron chi connectivity index (χ2n) is 6.19. The van der Waals surface area contributed by atoms with E-state index in [2.05, 4.69) is 17.2 Å². The van der Waals surface area contributed by atoms with Gasteiger partial charge in [-0.05, 0) is 42.3 Å². The van der Waals surface area contributed by atoms with E-state index in [-0.39, 0.29) is 11.5 Å². The average Bonchev–Trinajstić information content (AvgIpc) is 2.67. The number of methoxy groups -OCH3 is 2. The van der Waals surface area contributed by atoms with Crippen molar-refractivity contribution in [1.82, 2.24) is 4.98 Å². The fourth-order valence-corrected chi connectivity index (χ4v) is 3.07. The maximum absolute atomic E-state index is 12.6. The Bertz CT molecular complexity index is 1040. The maximum Gasteiger partial charge on any atom is 0.255 e. The molecule has 0 aliphatic carbocycles. The normalized spacial score (nSPS) is 10.6. The molecular weight excluding hydrogens is 344 g/mol. The Morgan fingerprint density at radius 1 is 1.04 bits per heavy atom. The molecule has 0 fully saturated rings. The van der Waals surface area contributed by atoms with E-state index in [1.165, 1.54) is 7.11 Å². The third-order valence-corrected chi connectivity index (χ3v) is 4.35. The fourth-order valence-electron chi connectivity index (χ4n) is 3.07. The van der Waals surface area contributed by atoms with Gasteiger partial charge in [-0.25, -0.2) is 0 Å². The zero-order valence-electron chi connectivity index (χ0n) is 15.6. The lowest BCUT2D eigenvalue weighted by Gasteiger charge is -2.11. The second kappa shape index (κ2) is 7.95. The van der Waals surface area contributed by atoms with Crippen molar-refractivity contribution in [2.24, 2.45) is 0 Å². The predicted octanol–water partition coefficient (Wildman–Crippen LogP) is 3.75. The Kier molecular flexibility index (Phi) is 5.45. The third kappa shape index (κ3) is 3.95. The third-order valence-electron chi connectivity index (χ3n) is 4.35. The van der Waals surface area contributed by atoms with Gasteiger partial charge in [-0.15, -0.1) is 0 Å². The van der Waals surface area contributed by atoms with Crippen molar-refractivity contribution < 1.29 is 14.3 Å². The molecule has 1 heterocycles. The van der Waals surface area contributed by atoms with Crippen molar-refractivity contribution in [2.45, 2.75) is 19.8 Å². The Hall–Kier alpha value is -3.28. The van der Waals surface area contributed by atoms with Gasteiger partial charge >= 0.3 is 0 Å². The number of ether oxygens (including phenoxy) is 2. The molecule has 3 aromatic rings. The number of hydrogen-bond acceptors (Lipinski definition) is 4. The lowest BCUT2D eigenvalue weighted by atomic mass is 10.0. The summed E-state index contributed by atoms with van der Waals surface area (Å²) in [5.41, 5.74) is 2.62. The molecule has 0 radical (unpaired) electrons. The van der Waals surface area contributed by atoms with Gasteiger partial charge in [-0.1, -0.05) is 19.4 Å². The highest BCUT2D eigenvalue weighted by molar-refractivity contribution is 6.05. The molecule has 140 valence electrons. The first-order valence-corrected chi connectivity index (χ1v) is 8.75. The Labute approximate surface area is 157 Å². The Morgan fingerprint density at radius 2 is 1.81 bits per heavy atom. The van der Waals surface area contributed by atoms with Crippen LogP contribution in [0.1, 0.15) is 29.3 Å². The molecule has 3 rings (SSSR count). The van der Waals surface area contributed by atoms with Gasteiger partial charge in [0.05, 0.1) is 19.7 Å². The highest BCUT2D eigenvalue weighted by atomic mass is 16.5. The number of aromatic nitrogens is 1. The highest BCUT2D eigenvalue weighted by Crippen LogP contribution is 2.28. The van der Waals surface area contributed by atoms with Crippen molar-refractivity contribution in [3.05, 3.63) is 63.9 Å². The van der Waals surface area contributed by atoms with Crippen molar-refractivity contribution in [3.63, 3.8) is 0 Å². The van der Waals surface area contributed by atoms with Crippen molar-refractivity contribution in [2.75, 3.05) is 19.5 Å². The summed E-state index contributed by atoms with van der Waals surface area (Å²) in [6.07, 6.45) is 1.79. The number of H-pyrrole nitrogens is 1. The molecule has 0 bridgehead atoms. The van der Waals surface area contributed by atoms with Crippen LogP contribution in [0.15, 0.2) is 47.3 Å². The van der Waals surface area contributed by atoms with E-state index in [4.69, 9.17) is 9.47 Å². The van der Waals surface area contributed by atoms with Gasteiger partial charge in [-0.2, -0.15) is 0 Å². The van der Waals surface area contributed by atoms with Crippen molar-refractivity contribution in [1.29, 1.82) is 0 Å². The molecule has 6 heteroatoms. The summed E-state index contributed by atoms with van der Waals surface area (Å²) in [6.45, 7) is 2.07. The number of carbonyl (C=O) groups is 1. The number of anilines is 1. The van der Waals surface area contributed by atoms with E-state index in [0.717, 1.165) is 23.8 Å². The van der Waals surface area contributed by atoms with Crippen LogP contribution in [-0.4, -0.2) is 25.1 Å². The van der Waals surface area contributed by atoms with Crippen LogP contribution >= 0.6 is 0 Å². The summed E-state index contributed by atoms with van der Waals surface area (Å²) >= 11 is 0. The summed E-state index contributed by atoms with van der Waals surface area (Å²) in [5.74, 6) is 0.764. The smallest absolute Gasteiger partial charge is 0.255 e. The van der Waals surface area contributed by atoms with Gasteiger partial charge in [0.2, 0.25) is 5.56 Å². The number of rotatable bonds is 6. The van der Waals surface area contributed by atoms with Crippen LogP contribution in [-0.2, 0) is 6.42 Å². The minimum atomic E-state index is -0.276. The summed E-state index contributed by atoms with van der Waals surface area (Å²) in [6, 6.07) is 12.1. The van der Waals surface area contributed by atoms with Gasteiger partial charge in [0.15, 0.2) is 11.5 Å². The second-order valence-corrected chi connectivity index (χ2v) is 6.19. The van der Waals surface area contributed by atoms with E-state index >= 15 is 0 Å². The van der Waals surface area contributed by atoms with Crippen LogP contribution in [0.2, 0.25) is 0 Å². The van der Waals surface area contributed by atoms with E-state index in [1.54, 1.807) is 37.4 Å². The van der Waals surface area contributed by atoms with Crippen LogP contribution < -0.4 is 20.3 Å². The molecule has 2 N–H and O–H groups in total. The zero-order valence-corrected chi connectivity index (χ0v) is 15.6. The summed E-state index contributed by atoms with van der Waals surface area (Å²) < 4.78 is 10.4. The number of nitrogens with one attached hydrogen (secondary N) is 2. The van der Waals surface area contributed by atoms with Crippen molar-refractivity contribution in [3.8, 4) is 11.5 Å². The molecule has 0 saturated heterocycles. The van der Waals surface area contributed by atoms with Crippen LogP contribution in [0.5, 0.6) is 11.5 Å². The molecule has 0 unspecified atom stereocenters. The summed E-state index contributed by atoms with van der Waals surface area (Å²) in [4.78, 5) is 27.3. The molecule has 6 nitrogen and oxygen atoms in total. The first-order chi connectivity index (χ1) is 13.0. The van der Waals surface area contributed by atoms with Gasteiger partial charge in [0.25, 0.3) is 5.91 Å². The van der Waals surface area contributed by atoms with E-state index < -0.39 is 0 Å². The summed E-state index contributed by atoms with van der Waals surface area (Å²) in [7, 11) is 3.06. The lowest BCUT2D eigenvalue weighted by Crippen LogP contribution is -2.13. The van der Waals surface area contributed by atoms with E-state index in [9.17, 15) is 9.59 Å². The monoisotopic (exact) mass is 366 g/mol. The zero-order chi connectivity index (χ0) is 19.4. The number of fused-ring (bicyclic) bond motifs is 1. The number of pyridine rings is 1. The number of benzene rings is 2. The number of aromatic amines is 1. The molecule has 0 aliphatic heterocycles. The average molecular weight is 366 g/mol. The molecule has 0 saturated carbocycles. The Morgan fingerprint density at radius 3 is 2.52 bits per heavy atom. The molecule has 1 amide bonds. The molecule has 27 heavy (non-hydrogen) atoms. The van der Waals surface area contributed by atoms with Gasteiger partial charge in [0, 0.05) is 22.7 Å². The molecule has 0 aliphatic rings. The minimum Gasteiger partial charge on any atom is -0.493 e.